The Morgan fingerprint density at radius 1 is 1.38 bits per heavy atom. The van der Waals surface area contributed by atoms with E-state index in [1.807, 2.05) is 0 Å². The number of anilines is 1. The topological polar surface area (TPSA) is 29.1 Å². The van der Waals surface area contributed by atoms with Gasteiger partial charge in [-0.25, -0.2) is 0 Å². The fraction of sp³-hybridized carbons (Fsp3) is 0.476. The van der Waals surface area contributed by atoms with Crippen molar-refractivity contribution < 1.29 is 9.28 Å². The molecule has 0 saturated carbocycles. The van der Waals surface area contributed by atoms with Crippen LogP contribution in [-0.4, -0.2) is 36.4 Å². The second-order valence-corrected chi connectivity index (χ2v) is 7.92. The van der Waals surface area contributed by atoms with Crippen LogP contribution in [0.5, 0.6) is 0 Å². The highest BCUT2D eigenvalue weighted by atomic mass is 16.1. The number of likely N-dealkylation sites (N-methyl/N-ethyl adjacent to an activating group) is 1. The molecule has 1 aromatic carbocycles. The molecule has 4 atom stereocenters. The summed E-state index contributed by atoms with van der Waals surface area (Å²) in [5, 5.41) is 3.68. The number of carbonyl (C=O) groups excluding carboxylic acids is 1. The van der Waals surface area contributed by atoms with E-state index in [-0.39, 0.29) is 5.41 Å². The third-order valence-electron chi connectivity index (χ3n) is 7.49. The van der Waals surface area contributed by atoms with Crippen LogP contribution in [0.4, 0.5) is 5.69 Å². The van der Waals surface area contributed by atoms with Gasteiger partial charge in [-0.2, -0.15) is 0 Å². The van der Waals surface area contributed by atoms with Gasteiger partial charge < -0.3 is 9.80 Å². The van der Waals surface area contributed by atoms with Crippen LogP contribution in [0, 0.1) is 5.92 Å². The Hall–Kier alpha value is -1.87. The van der Waals surface area contributed by atoms with Gasteiger partial charge in [0.15, 0.2) is 0 Å². The molecule has 2 saturated heterocycles. The summed E-state index contributed by atoms with van der Waals surface area (Å²) in [6.45, 7) is 8.01. The van der Waals surface area contributed by atoms with Crippen molar-refractivity contribution in [1.82, 2.24) is 0 Å². The van der Waals surface area contributed by atoms with E-state index < -0.39 is 0 Å². The van der Waals surface area contributed by atoms with Crippen LogP contribution < -0.4 is 5.32 Å². The highest BCUT2D eigenvalue weighted by molar-refractivity contribution is 5.84. The van der Waals surface area contributed by atoms with Crippen molar-refractivity contribution in [2.75, 3.05) is 25.0 Å². The fourth-order valence-corrected chi connectivity index (χ4v) is 6.37. The van der Waals surface area contributed by atoms with E-state index >= 15 is 0 Å². The second kappa shape index (κ2) is 4.60. The lowest BCUT2D eigenvalue weighted by atomic mass is 9.61. The highest BCUT2D eigenvalue weighted by Crippen LogP contribution is 2.63. The number of allylic oxidation sites excluding steroid dienone is 2. The molecule has 2 bridgehead atoms. The number of rotatable bonds is 2. The van der Waals surface area contributed by atoms with Crippen LogP contribution in [0.2, 0.25) is 0 Å². The van der Waals surface area contributed by atoms with Crippen molar-refractivity contribution in [1.29, 1.82) is 0 Å². The third kappa shape index (κ3) is 1.42. The Balaban J connectivity index is 1.84. The Labute approximate surface area is 143 Å². The quantitative estimate of drug-likeness (QED) is 0.514. The van der Waals surface area contributed by atoms with E-state index in [9.17, 15) is 4.79 Å². The minimum absolute atomic E-state index is 0.0403. The van der Waals surface area contributed by atoms with E-state index in [0.29, 0.717) is 12.0 Å². The molecule has 2 fully saturated rings. The van der Waals surface area contributed by atoms with Crippen molar-refractivity contribution in [3.05, 3.63) is 52.7 Å². The summed E-state index contributed by atoms with van der Waals surface area (Å²) in [4.78, 5) is 12.1. The van der Waals surface area contributed by atoms with E-state index in [2.05, 4.69) is 49.5 Å². The molecule has 1 unspecified atom stereocenters. The molecule has 3 heterocycles. The summed E-state index contributed by atoms with van der Waals surface area (Å²) in [6.07, 6.45) is 5.70. The van der Waals surface area contributed by atoms with Crippen LogP contribution in [0.25, 0.3) is 0 Å². The zero-order valence-electron chi connectivity index (χ0n) is 14.5. The zero-order valence-corrected chi connectivity index (χ0v) is 14.5. The van der Waals surface area contributed by atoms with Gasteiger partial charge in [-0.15, -0.1) is 0 Å². The fourth-order valence-electron chi connectivity index (χ4n) is 6.37. The molecule has 1 spiro atoms. The Morgan fingerprint density at radius 2 is 2.21 bits per heavy atom. The van der Waals surface area contributed by atoms with Gasteiger partial charge in [-0.05, 0) is 31.1 Å². The number of fused-ring (bicyclic) bond motifs is 2. The summed E-state index contributed by atoms with van der Waals surface area (Å²) in [6, 6.07) is 9.33. The second-order valence-electron chi connectivity index (χ2n) is 7.92. The predicted octanol–water partition coefficient (Wildman–Crippen LogP) is 3.39. The summed E-state index contributed by atoms with van der Waals surface area (Å²) in [5.41, 5.74) is 6.41. The van der Waals surface area contributed by atoms with Gasteiger partial charge in [0.25, 0.3) is 0 Å². The summed E-state index contributed by atoms with van der Waals surface area (Å²) >= 11 is 0. The van der Waals surface area contributed by atoms with Gasteiger partial charge in [0, 0.05) is 35.7 Å². The largest absolute Gasteiger partial charge is 0.357 e. The maximum Gasteiger partial charge on any atom is 0.148 e. The van der Waals surface area contributed by atoms with E-state index in [1.165, 1.54) is 40.1 Å². The number of hydrogen-bond acceptors (Lipinski definition) is 2. The minimum atomic E-state index is 0.0403. The number of hydrogen-bond donors (Lipinski definition) is 1. The first-order chi connectivity index (χ1) is 11.7. The Bertz CT molecular complexity index is 808. The first-order valence-electron chi connectivity index (χ1n) is 9.27. The molecular formula is C21H25N2O+. The van der Waals surface area contributed by atoms with Crippen molar-refractivity contribution >= 4 is 12.0 Å². The number of carbonyl (C=O) groups is 1. The van der Waals surface area contributed by atoms with Crippen LogP contribution >= 0.6 is 0 Å². The van der Waals surface area contributed by atoms with Crippen LogP contribution in [0.15, 0.2) is 47.2 Å². The molecule has 3 aliphatic heterocycles. The van der Waals surface area contributed by atoms with E-state index in [4.69, 9.17) is 0 Å². The summed E-state index contributed by atoms with van der Waals surface area (Å²) in [7, 11) is 0. The molecule has 24 heavy (non-hydrogen) atoms. The van der Waals surface area contributed by atoms with Crippen molar-refractivity contribution in [2.24, 2.45) is 5.92 Å². The first-order valence-corrected chi connectivity index (χ1v) is 9.27. The SMILES string of the molecule is C/C=C1/C[N+]2(CC)CC[C@]34C(=C(C=O)[C@H]1C[C@@H]32)Nc1ccccc14. The average molecular weight is 321 g/mol. The number of para-hydroxylation sites is 1. The molecule has 3 nitrogen and oxygen atoms in total. The number of nitrogens with zero attached hydrogens (tertiary/aromatic N) is 1. The molecule has 1 N–H and O–H groups in total. The van der Waals surface area contributed by atoms with Crippen molar-refractivity contribution in [2.45, 2.75) is 38.1 Å². The zero-order chi connectivity index (χ0) is 16.5. The van der Waals surface area contributed by atoms with Gasteiger partial charge >= 0.3 is 0 Å². The number of benzene rings is 1. The van der Waals surface area contributed by atoms with Gasteiger partial charge in [-0.3, -0.25) is 4.79 Å². The standard InChI is InChI=1S/C21H24N2O/c1-3-14-12-23(4-2)10-9-21-17-7-5-6-8-18(17)22-20(21)16(13-24)15(14)11-19(21)23/h3,5-8,13,15,19H,4,9-12H2,1-2H3/p+1/b14-3-/t15-,19-,21+,23?/m0/s1. The van der Waals surface area contributed by atoms with Crippen LogP contribution in [-0.2, 0) is 10.2 Å². The molecule has 0 aromatic heterocycles. The molecule has 3 heteroatoms. The van der Waals surface area contributed by atoms with Crippen molar-refractivity contribution in [3.8, 4) is 0 Å². The van der Waals surface area contributed by atoms with Crippen LogP contribution in [0.1, 0.15) is 32.3 Å². The maximum atomic E-state index is 12.1. The predicted molar refractivity (Wildman–Crippen MR) is 95.6 cm³/mol. The number of aldehydes is 1. The van der Waals surface area contributed by atoms with Gasteiger partial charge in [0.2, 0.25) is 0 Å². The van der Waals surface area contributed by atoms with Crippen molar-refractivity contribution in [3.63, 3.8) is 0 Å². The van der Waals surface area contributed by atoms with Gasteiger partial charge in [0.1, 0.15) is 18.9 Å². The maximum absolute atomic E-state index is 12.1. The smallest absolute Gasteiger partial charge is 0.148 e. The number of quaternary nitrogens is 1. The third-order valence-corrected chi connectivity index (χ3v) is 7.49. The van der Waals surface area contributed by atoms with E-state index in [0.717, 1.165) is 31.2 Å². The summed E-state index contributed by atoms with van der Waals surface area (Å²) < 4.78 is 1.20. The Morgan fingerprint density at radius 3 is 2.96 bits per heavy atom. The lowest BCUT2D eigenvalue weighted by molar-refractivity contribution is -0.940. The molecule has 5 rings (SSSR count). The normalized spacial score (nSPS) is 40.3. The first kappa shape index (κ1) is 14.5. The van der Waals surface area contributed by atoms with Crippen LogP contribution in [0.3, 0.4) is 0 Å². The molecule has 1 aliphatic carbocycles. The highest BCUT2D eigenvalue weighted by Gasteiger charge is 2.67. The minimum Gasteiger partial charge on any atom is -0.357 e. The van der Waals surface area contributed by atoms with Gasteiger partial charge in [-0.1, -0.05) is 24.3 Å². The Kier molecular flexibility index (Phi) is 2.78. The lowest BCUT2D eigenvalue weighted by Crippen LogP contribution is -2.63. The monoisotopic (exact) mass is 321 g/mol. The molecule has 124 valence electrons. The van der Waals surface area contributed by atoms with E-state index in [1.54, 1.807) is 0 Å². The number of piperidine rings is 1. The lowest BCUT2D eigenvalue weighted by Gasteiger charge is -2.53. The summed E-state index contributed by atoms with van der Waals surface area (Å²) in [5.74, 6) is 0.318. The number of nitrogens with one attached hydrogen (secondary N) is 1. The molecule has 1 aromatic rings. The molecule has 4 aliphatic rings. The average Bonchev–Trinajstić information content (AvgIpc) is 3.15. The molecule has 0 radical (unpaired) electrons. The molecule has 0 amide bonds. The van der Waals surface area contributed by atoms with Gasteiger partial charge in [0.05, 0.1) is 18.5 Å². The molecular weight excluding hydrogens is 296 g/mol.